The molecule has 0 bridgehead atoms. The van der Waals surface area contributed by atoms with E-state index >= 15 is 0 Å². The highest BCUT2D eigenvalue weighted by atomic mass is 16.4. The Morgan fingerprint density at radius 3 is 1.49 bits per heavy atom. The number of fused-ring (bicyclic) bond motifs is 4. The van der Waals surface area contributed by atoms with Crippen LogP contribution in [0.25, 0.3) is 0 Å². The molecule has 0 aliphatic heterocycles. The number of carboxylic acid groups (broad SMARTS) is 1. The minimum atomic E-state index is -1.48. The number of carboxylic acids is 1. The Hall–Kier alpha value is -5.51. The topological polar surface area (TPSA) is 193 Å². The number of aromatic hydroxyl groups is 6. The zero-order chi connectivity index (χ0) is 29.7. The summed E-state index contributed by atoms with van der Waals surface area (Å²) in [6, 6.07) is 8.81. The van der Waals surface area contributed by atoms with Crippen LogP contribution in [-0.4, -0.2) is 53.3 Å². The predicted molar refractivity (Wildman–Crippen MR) is 143 cm³/mol. The van der Waals surface area contributed by atoms with Gasteiger partial charge in [-0.1, -0.05) is 12.1 Å². The maximum Gasteiger partial charge on any atom is 0.339 e. The van der Waals surface area contributed by atoms with Crippen LogP contribution in [0, 0.1) is 13.8 Å². The van der Waals surface area contributed by atoms with Crippen molar-refractivity contribution in [2.75, 3.05) is 0 Å². The van der Waals surface area contributed by atoms with Gasteiger partial charge in [0.1, 0.15) is 40.1 Å². The van der Waals surface area contributed by atoms with Crippen molar-refractivity contribution < 1.29 is 50.1 Å². The van der Waals surface area contributed by atoms with Crippen molar-refractivity contribution >= 4 is 17.5 Å². The fraction of sp³-hybridized carbons (Fsp3) is 0.129. The molecule has 7 N–H and O–H groups in total. The van der Waals surface area contributed by atoms with E-state index in [-0.39, 0.29) is 56.0 Å². The van der Waals surface area contributed by atoms with Crippen LogP contribution in [0.4, 0.5) is 0 Å². The molecule has 0 radical (unpaired) electrons. The predicted octanol–water partition coefficient (Wildman–Crippen LogP) is 4.29. The van der Waals surface area contributed by atoms with E-state index in [1.165, 1.54) is 31.2 Å². The number of carbonyl (C=O) groups excluding carboxylic acids is 2. The summed E-state index contributed by atoms with van der Waals surface area (Å²) in [4.78, 5) is 39.4. The molecule has 2 unspecified atom stereocenters. The number of aryl methyl sites for hydroxylation is 2. The average Bonchev–Trinajstić information content (AvgIpc) is 2.83. The summed E-state index contributed by atoms with van der Waals surface area (Å²) in [5.41, 5.74) is -0.336. The Bertz CT molecular complexity index is 1840. The summed E-state index contributed by atoms with van der Waals surface area (Å²) in [6.07, 6.45) is 0. The Balaban J connectivity index is 1.82. The third-order valence-corrected chi connectivity index (χ3v) is 7.88. The molecule has 2 atom stereocenters. The summed E-state index contributed by atoms with van der Waals surface area (Å²) in [7, 11) is 0. The molecule has 0 saturated heterocycles. The van der Waals surface area contributed by atoms with Crippen LogP contribution in [0.15, 0.2) is 42.5 Å². The molecule has 2 aliphatic rings. The highest BCUT2D eigenvalue weighted by Crippen LogP contribution is 2.57. The van der Waals surface area contributed by atoms with Crippen molar-refractivity contribution in [2.45, 2.75) is 25.7 Å². The minimum Gasteiger partial charge on any atom is -0.508 e. The Labute approximate surface area is 231 Å². The van der Waals surface area contributed by atoms with E-state index in [2.05, 4.69) is 0 Å². The minimum absolute atomic E-state index is 0.0851. The molecule has 0 amide bonds. The molecule has 0 saturated carbocycles. The highest BCUT2D eigenvalue weighted by Gasteiger charge is 2.46. The second kappa shape index (κ2) is 8.49. The molecule has 0 aromatic heterocycles. The van der Waals surface area contributed by atoms with Crippen LogP contribution in [-0.2, 0) is 0 Å². The van der Waals surface area contributed by atoms with E-state index in [9.17, 15) is 50.1 Å². The van der Waals surface area contributed by atoms with Crippen molar-refractivity contribution in [1.29, 1.82) is 0 Å². The third kappa shape index (κ3) is 3.47. The number of carbonyl (C=O) groups is 3. The van der Waals surface area contributed by atoms with Gasteiger partial charge in [0.15, 0.2) is 0 Å². The first-order valence-corrected chi connectivity index (χ1v) is 12.5. The number of phenols is 6. The highest BCUT2D eigenvalue weighted by molar-refractivity contribution is 6.19. The van der Waals surface area contributed by atoms with Crippen LogP contribution in [0.1, 0.15) is 87.4 Å². The molecule has 0 heterocycles. The maximum absolute atomic E-state index is 13.8. The van der Waals surface area contributed by atoms with Gasteiger partial charge in [-0.3, -0.25) is 9.59 Å². The van der Waals surface area contributed by atoms with Crippen molar-refractivity contribution in [3.63, 3.8) is 0 Å². The molecule has 4 aromatic carbocycles. The van der Waals surface area contributed by atoms with Crippen LogP contribution in [0.5, 0.6) is 34.5 Å². The number of hydrogen-bond donors (Lipinski definition) is 7. The third-order valence-electron chi connectivity index (χ3n) is 7.88. The molecule has 41 heavy (non-hydrogen) atoms. The smallest absolute Gasteiger partial charge is 0.339 e. The van der Waals surface area contributed by atoms with Crippen LogP contribution >= 0.6 is 0 Å². The van der Waals surface area contributed by atoms with Gasteiger partial charge in [-0.05, 0) is 65.4 Å². The quantitative estimate of drug-likeness (QED) is 0.188. The lowest BCUT2D eigenvalue weighted by atomic mass is 9.63. The molecular weight excluding hydrogens is 532 g/mol. The summed E-state index contributed by atoms with van der Waals surface area (Å²) in [5.74, 6) is -8.41. The number of hydrogen-bond acceptors (Lipinski definition) is 9. The molecule has 10 heteroatoms. The molecule has 10 nitrogen and oxygen atoms in total. The largest absolute Gasteiger partial charge is 0.508 e. The van der Waals surface area contributed by atoms with Gasteiger partial charge in [0.25, 0.3) is 0 Å². The SMILES string of the molecule is Cc1cc(O)c2c(c1)C(C1c3cc(O)cc(O)c3C(=O)c3c1cc(C)c(C(=O)O)c3O)c1cc(O)cc(O)c1C2=O. The van der Waals surface area contributed by atoms with Gasteiger partial charge in [0.2, 0.25) is 11.6 Å². The van der Waals surface area contributed by atoms with Crippen molar-refractivity contribution in [1.82, 2.24) is 0 Å². The van der Waals surface area contributed by atoms with E-state index in [0.29, 0.717) is 5.56 Å². The lowest BCUT2D eigenvalue weighted by Crippen LogP contribution is -2.30. The maximum atomic E-state index is 13.8. The second-order valence-electron chi connectivity index (χ2n) is 10.4. The lowest BCUT2D eigenvalue weighted by molar-refractivity contribution is 0.0692. The van der Waals surface area contributed by atoms with E-state index in [1.54, 1.807) is 13.0 Å². The molecule has 0 spiro atoms. The van der Waals surface area contributed by atoms with Gasteiger partial charge in [0.05, 0.1) is 22.3 Å². The fourth-order valence-corrected chi connectivity index (χ4v) is 6.42. The van der Waals surface area contributed by atoms with Gasteiger partial charge in [-0.25, -0.2) is 4.79 Å². The number of ketones is 2. The van der Waals surface area contributed by atoms with Gasteiger partial charge in [-0.15, -0.1) is 0 Å². The number of phenolic OH excluding ortho intramolecular Hbond substituents is 5. The standard InChI is InChI=1S/C31H22O10/c1-10-3-14-22(16-6-12(32)8-19(35)25(16)29(38)24(14)18(34)4-10)23-15-5-11(2)21(31(40)41)28(37)27(15)30(39)26-17(23)7-13(33)9-20(26)36/h3-9,22-23,32-37H,1-2H3,(H,40,41). The fourth-order valence-electron chi connectivity index (χ4n) is 6.42. The number of benzene rings is 4. The summed E-state index contributed by atoms with van der Waals surface area (Å²) in [6.45, 7) is 3.11. The van der Waals surface area contributed by atoms with Gasteiger partial charge in [0, 0.05) is 24.0 Å². The Morgan fingerprint density at radius 2 is 1.00 bits per heavy atom. The van der Waals surface area contributed by atoms with E-state index in [4.69, 9.17) is 0 Å². The van der Waals surface area contributed by atoms with Crippen LogP contribution < -0.4 is 0 Å². The molecule has 0 fully saturated rings. The molecule has 4 aromatic rings. The normalized spacial score (nSPS) is 16.9. The molecule has 6 rings (SSSR count). The van der Waals surface area contributed by atoms with Crippen molar-refractivity contribution in [3.8, 4) is 34.5 Å². The van der Waals surface area contributed by atoms with Crippen molar-refractivity contribution in [3.05, 3.63) is 104 Å². The van der Waals surface area contributed by atoms with E-state index < -0.39 is 63.5 Å². The first-order chi connectivity index (χ1) is 19.3. The van der Waals surface area contributed by atoms with Gasteiger partial charge in [-0.2, -0.15) is 0 Å². The molecule has 206 valence electrons. The summed E-state index contributed by atoms with van der Waals surface area (Å²) >= 11 is 0. The Morgan fingerprint density at radius 1 is 0.585 bits per heavy atom. The lowest BCUT2D eigenvalue weighted by Gasteiger charge is -2.39. The monoisotopic (exact) mass is 554 g/mol. The second-order valence-corrected chi connectivity index (χ2v) is 10.4. The van der Waals surface area contributed by atoms with Crippen LogP contribution in [0.2, 0.25) is 0 Å². The molecular formula is C31H22O10. The molecule has 2 aliphatic carbocycles. The van der Waals surface area contributed by atoms with Gasteiger partial charge >= 0.3 is 5.97 Å². The Kier molecular flexibility index (Phi) is 5.33. The first-order valence-electron chi connectivity index (χ1n) is 12.5. The van der Waals surface area contributed by atoms with Gasteiger partial charge < -0.3 is 35.7 Å². The van der Waals surface area contributed by atoms with E-state index in [1.807, 2.05) is 0 Å². The zero-order valence-electron chi connectivity index (χ0n) is 21.6. The van der Waals surface area contributed by atoms with E-state index in [0.717, 1.165) is 12.1 Å². The summed E-state index contributed by atoms with van der Waals surface area (Å²) < 4.78 is 0. The number of aromatic carboxylic acids is 1. The van der Waals surface area contributed by atoms with Crippen molar-refractivity contribution in [2.24, 2.45) is 0 Å². The van der Waals surface area contributed by atoms with Crippen LogP contribution in [0.3, 0.4) is 0 Å². The average molecular weight is 555 g/mol. The summed E-state index contributed by atoms with van der Waals surface area (Å²) in [5, 5.41) is 74.4. The zero-order valence-corrected chi connectivity index (χ0v) is 21.6. The first kappa shape index (κ1) is 25.8. The number of rotatable bonds is 2.